The highest BCUT2D eigenvalue weighted by atomic mass is 35.5. The molecule has 3 atom stereocenters. The van der Waals surface area contributed by atoms with Crippen LogP contribution in [-0.4, -0.2) is 31.6 Å². The first-order chi connectivity index (χ1) is 11.2. The van der Waals surface area contributed by atoms with E-state index >= 15 is 0 Å². The van der Waals surface area contributed by atoms with E-state index in [4.69, 9.17) is 4.74 Å². The van der Waals surface area contributed by atoms with Gasteiger partial charge in [0.15, 0.2) is 0 Å². The van der Waals surface area contributed by atoms with Crippen LogP contribution in [0.1, 0.15) is 49.3 Å². The van der Waals surface area contributed by atoms with Crippen molar-refractivity contribution in [1.29, 1.82) is 0 Å². The summed E-state index contributed by atoms with van der Waals surface area (Å²) in [5, 5.41) is 6.51. The van der Waals surface area contributed by atoms with Crippen LogP contribution >= 0.6 is 12.4 Å². The second-order valence-electron chi connectivity index (χ2n) is 6.91. The van der Waals surface area contributed by atoms with E-state index in [-0.39, 0.29) is 24.4 Å². The number of nitrogens with one attached hydrogen (secondary N) is 2. The molecule has 2 aliphatic heterocycles. The molecule has 0 saturated carbocycles. The smallest absolute Gasteiger partial charge is 0.221 e. The lowest BCUT2D eigenvalue weighted by Crippen LogP contribution is -2.37. The maximum atomic E-state index is 12.1. The number of hydrogen-bond acceptors (Lipinski definition) is 3. The van der Waals surface area contributed by atoms with Crippen LogP contribution < -0.4 is 10.6 Å². The molecule has 2 fully saturated rings. The van der Waals surface area contributed by atoms with Crippen molar-refractivity contribution in [2.45, 2.75) is 51.2 Å². The number of hydrogen-bond donors (Lipinski definition) is 2. The van der Waals surface area contributed by atoms with Gasteiger partial charge in [0, 0.05) is 31.5 Å². The van der Waals surface area contributed by atoms with Crippen LogP contribution in [0.4, 0.5) is 0 Å². The molecule has 2 N–H and O–H groups in total. The van der Waals surface area contributed by atoms with Gasteiger partial charge in [0.2, 0.25) is 5.91 Å². The van der Waals surface area contributed by atoms with Crippen LogP contribution in [0, 0.1) is 12.8 Å². The normalized spacial score (nSPS) is 26.6. The molecular formula is C19H29ClN2O2. The van der Waals surface area contributed by atoms with Gasteiger partial charge < -0.3 is 15.4 Å². The molecule has 0 aliphatic carbocycles. The van der Waals surface area contributed by atoms with E-state index in [1.165, 1.54) is 17.5 Å². The Morgan fingerprint density at radius 3 is 2.75 bits per heavy atom. The number of benzene rings is 1. The van der Waals surface area contributed by atoms with Gasteiger partial charge in [-0.2, -0.15) is 0 Å². The molecule has 2 saturated heterocycles. The monoisotopic (exact) mass is 352 g/mol. The molecule has 0 radical (unpaired) electrons. The van der Waals surface area contributed by atoms with Gasteiger partial charge >= 0.3 is 0 Å². The number of aryl methyl sites for hydroxylation is 1. The van der Waals surface area contributed by atoms with Crippen molar-refractivity contribution in [3.8, 4) is 0 Å². The summed E-state index contributed by atoms with van der Waals surface area (Å²) < 4.78 is 6.02. The second kappa shape index (κ2) is 9.40. The summed E-state index contributed by atoms with van der Waals surface area (Å²) in [5.74, 6) is 0.532. The predicted octanol–water partition coefficient (Wildman–Crippen LogP) is 3.14. The topological polar surface area (TPSA) is 50.4 Å². The van der Waals surface area contributed by atoms with Crippen LogP contribution in [0.3, 0.4) is 0 Å². The summed E-state index contributed by atoms with van der Waals surface area (Å²) in [4.78, 5) is 12.1. The van der Waals surface area contributed by atoms with Crippen molar-refractivity contribution in [2.24, 2.45) is 5.92 Å². The lowest BCUT2D eigenvalue weighted by Gasteiger charge is -2.32. The zero-order chi connectivity index (χ0) is 16.1. The first-order valence-electron chi connectivity index (χ1n) is 8.90. The van der Waals surface area contributed by atoms with E-state index in [1.54, 1.807) is 0 Å². The fourth-order valence-electron chi connectivity index (χ4n) is 3.65. The van der Waals surface area contributed by atoms with E-state index < -0.39 is 0 Å². The van der Waals surface area contributed by atoms with Crippen LogP contribution in [0.5, 0.6) is 0 Å². The van der Waals surface area contributed by atoms with Gasteiger partial charge in [-0.15, -0.1) is 12.4 Å². The lowest BCUT2D eigenvalue weighted by atomic mass is 9.89. The number of amides is 1. The molecule has 0 spiro atoms. The zero-order valence-electron chi connectivity index (χ0n) is 14.4. The minimum Gasteiger partial charge on any atom is -0.373 e. The third-order valence-corrected chi connectivity index (χ3v) is 5.01. The van der Waals surface area contributed by atoms with Gasteiger partial charge in [-0.25, -0.2) is 0 Å². The molecule has 3 unspecified atom stereocenters. The summed E-state index contributed by atoms with van der Waals surface area (Å²) in [6.07, 6.45) is 5.20. The van der Waals surface area contributed by atoms with Crippen LogP contribution in [-0.2, 0) is 9.53 Å². The summed E-state index contributed by atoms with van der Waals surface area (Å²) in [6, 6.07) is 8.94. The van der Waals surface area contributed by atoms with Crippen molar-refractivity contribution in [3.63, 3.8) is 0 Å². The molecule has 24 heavy (non-hydrogen) atoms. The van der Waals surface area contributed by atoms with Crippen LogP contribution in [0.25, 0.3) is 0 Å². The fraction of sp³-hybridized carbons (Fsp3) is 0.632. The highest BCUT2D eigenvalue weighted by Crippen LogP contribution is 2.33. The van der Waals surface area contributed by atoms with Crippen molar-refractivity contribution in [2.75, 3.05) is 19.7 Å². The zero-order valence-corrected chi connectivity index (χ0v) is 15.2. The summed E-state index contributed by atoms with van der Waals surface area (Å²) in [5.41, 5.74) is 2.49. The molecular weight excluding hydrogens is 324 g/mol. The standard InChI is InChI=1S/C19H28N2O2.ClH/c1-14-6-8-15(9-7-14)19-16(4-3-11-23-19)13-21-18(22)12-17-5-2-10-20-17;/h6-9,16-17,19-20H,2-5,10-13H2,1H3,(H,21,22);1H. The lowest BCUT2D eigenvalue weighted by molar-refractivity contribution is -0.122. The van der Waals surface area contributed by atoms with Gasteiger partial charge in [-0.1, -0.05) is 29.8 Å². The van der Waals surface area contributed by atoms with E-state index in [2.05, 4.69) is 41.8 Å². The van der Waals surface area contributed by atoms with Crippen molar-refractivity contribution >= 4 is 18.3 Å². The summed E-state index contributed by atoms with van der Waals surface area (Å²) >= 11 is 0. The van der Waals surface area contributed by atoms with Gasteiger partial charge in [0.05, 0.1) is 6.10 Å². The Bertz CT molecular complexity index is 515. The third kappa shape index (κ3) is 5.20. The Labute approximate surface area is 151 Å². The largest absolute Gasteiger partial charge is 0.373 e. The molecule has 5 heteroatoms. The molecule has 3 rings (SSSR count). The van der Waals surface area contributed by atoms with Crippen molar-refractivity contribution < 1.29 is 9.53 Å². The Morgan fingerprint density at radius 2 is 2.04 bits per heavy atom. The minimum absolute atomic E-state index is 0. The van der Waals surface area contributed by atoms with E-state index in [9.17, 15) is 4.79 Å². The Hall–Kier alpha value is -1.10. The molecule has 1 amide bonds. The quantitative estimate of drug-likeness (QED) is 0.855. The highest BCUT2D eigenvalue weighted by molar-refractivity contribution is 5.85. The first kappa shape index (κ1) is 19.2. The van der Waals surface area contributed by atoms with Gasteiger partial charge in [0.1, 0.15) is 0 Å². The molecule has 1 aromatic carbocycles. The number of carbonyl (C=O) groups is 1. The molecule has 2 heterocycles. The minimum atomic E-state index is 0. The summed E-state index contributed by atoms with van der Waals surface area (Å²) in [6.45, 7) is 4.67. The van der Waals surface area contributed by atoms with Gasteiger partial charge in [-0.3, -0.25) is 4.79 Å². The van der Waals surface area contributed by atoms with Gasteiger partial charge in [0.25, 0.3) is 0 Å². The molecule has 0 aromatic heterocycles. The number of carbonyl (C=O) groups excluding carboxylic acids is 1. The number of ether oxygens (including phenoxy) is 1. The van der Waals surface area contributed by atoms with Crippen LogP contribution in [0.2, 0.25) is 0 Å². The van der Waals surface area contributed by atoms with Crippen molar-refractivity contribution in [1.82, 2.24) is 10.6 Å². The molecule has 0 bridgehead atoms. The molecule has 134 valence electrons. The number of rotatable bonds is 5. The van der Waals surface area contributed by atoms with Gasteiger partial charge in [-0.05, 0) is 44.7 Å². The van der Waals surface area contributed by atoms with Crippen LogP contribution in [0.15, 0.2) is 24.3 Å². The molecule has 2 aliphatic rings. The average Bonchev–Trinajstić information content (AvgIpc) is 3.07. The summed E-state index contributed by atoms with van der Waals surface area (Å²) in [7, 11) is 0. The maximum absolute atomic E-state index is 12.1. The number of halogens is 1. The molecule has 1 aromatic rings. The highest BCUT2D eigenvalue weighted by Gasteiger charge is 2.28. The van der Waals surface area contributed by atoms with E-state index in [1.807, 2.05) is 0 Å². The fourth-order valence-corrected chi connectivity index (χ4v) is 3.65. The predicted molar refractivity (Wildman–Crippen MR) is 98.5 cm³/mol. The average molecular weight is 353 g/mol. The Kier molecular flexibility index (Phi) is 7.53. The van der Waals surface area contributed by atoms with E-state index in [0.717, 1.165) is 32.4 Å². The maximum Gasteiger partial charge on any atom is 0.221 e. The first-order valence-corrected chi connectivity index (χ1v) is 8.90. The Morgan fingerprint density at radius 1 is 1.25 bits per heavy atom. The molecule has 4 nitrogen and oxygen atoms in total. The Balaban J connectivity index is 0.00000208. The second-order valence-corrected chi connectivity index (χ2v) is 6.91. The van der Waals surface area contributed by atoms with E-state index in [0.29, 0.717) is 24.9 Å². The SMILES string of the molecule is Cc1ccc(C2OCCCC2CNC(=O)CC2CCCN2)cc1.Cl. The van der Waals surface area contributed by atoms with Crippen molar-refractivity contribution in [3.05, 3.63) is 35.4 Å². The third-order valence-electron chi connectivity index (χ3n) is 5.01.